The zero-order chi connectivity index (χ0) is 37.1. The summed E-state index contributed by atoms with van der Waals surface area (Å²) in [6.07, 6.45) is 4.27. The number of benzene rings is 4. The van der Waals surface area contributed by atoms with Gasteiger partial charge in [0.25, 0.3) is 0 Å². The third-order valence-electron chi connectivity index (χ3n) is 11.7. The Kier molecular flexibility index (Phi) is 8.49. The molecule has 270 valence electrons. The van der Waals surface area contributed by atoms with Crippen molar-refractivity contribution in [2.45, 2.75) is 136 Å². The predicted molar refractivity (Wildman–Crippen MR) is 218 cm³/mol. The first-order valence-electron chi connectivity index (χ1n) is 19.1. The lowest BCUT2D eigenvalue weighted by molar-refractivity contribution is 0.388. The molecule has 1 aliphatic heterocycles. The maximum absolute atomic E-state index is 7.35. The van der Waals surface area contributed by atoms with Crippen molar-refractivity contribution >= 4 is 8.53 Å². The first-order chi connectivity index (χ1) is 23.6. The molecule has 3 nitrogen and oxygen atoms in total. The molecule has 1 spiro atoms. The molecule has 4 aromatic carbocycles. The Bertz CT molecular complexity index is 1820. The van der Waals surface area contributed by atoms with Crippen LogP contribution < -0.4 is 9.05 Å². The highest BCUT2D eigenvalue weighted by molar-refractivity contribution is 7.45. The van der Waals surface area contributed by atoms with Crippen LogP contribution in [0.15, 0.2) is 60.7 Å². The van der Waals surface area contributed by atoms with Gasteiger partial charge in [0.05, 0.1) is 0 Å². The van der Waals surface area contributed by atoms with E-state index in [1.807, 2.05) is 0 Å². The van der Waals surface area contributed by atoms with Crippen LogP contribution in [0.2, 0.25) is 0 Å². The molecular weight excluding hydrogens is 641 g/mol. The van der Waals surface area contributed by atoms with Crippen LogP contribution in [0.4, 0.5) is 0 Å². The number of rotatable bonds is 3. The second-order valence-electron chi connectivity index (χ2n) is 19.9. The van der Waals surface area contributed by atoms with Gasteiger partial charge in [-0.1, -0.05) is 144 Å². The molecule has 4 aromatic rings. The molecule has 0 saturated heterocycles. The molecule has 1 heterocycles. The molecule has 0 unspecified atom stereocenters. The molecule has 51 heavy (non-hydrogen) atoms. The van der Waals surface area contributed by atoms with Crippen LogP contribution in [0.5, 0.6) is 11.5 Å². The lowest BCUT2D eigenvalue weighted by atomic mass is 9.73. The number of nitrogens with zero attached hydrogens (tertiary/aromatic N) is 1. The van der Waals surface area contributed by atoms with E-state index in [9.17, 15) is 0 Å². The predicted octanol–water partition coefficient (Wildman–Crippen LogP) is 12.9. The van der Waals surface area contributed by atoms with Crippen molar-refractivity contribution in [1.29, 1.82) is 0 Å². The quantitative estimate of drug-likeness (QED) is 0.199. The first-order valence-corrected chi connectivity index (χ1v) is 20.2. The van der Waals surface area contributed by atoms with Crippen molar-refractivity contribution in [1.82, 2.24) is 4.67 Å². The van der Waals surface area contributed by atoms with Crippen molar-refractivity contribution in [3.8, 4) is 33.8 Å². The van der Waals surface area contributed by atoms with E-state index < -0.39 is 8.53 Å². The van der Waals surface area contributed by atoms with E-state index >= 15 is 0 Å². The Labute approximate surface area is 310 Å². The van der Waals surface area contributed by atoms with E-state index in [0.29, 0.717) is 0 Å². The Morgan fingerprint density at radius 2 is 0.843 bits per heavy atom. The van der Waals surface area contributed by atoms with Gasteiger partial charge in [0.2, 0.25) is 0 Å². The van der Waals surface area contributed by atoms with E-state index in [-0.39, 0.29) is 27.1 Å². The second-order valence-corrected chi connectivity index (χ2v) is 21.5. The summed E-state index contributed by atoms with van der Waals surface area (Å²) >= 11 is 0. The van der Waals surface area contributed by atoms with Gasteiger partial charge in [-0.05, 0) is 106 Å². The van der Waals surface area contributed by atoms with Crippen LogP contribution in [-0.4, -0.2) is 18.8 Å². The Morgan fingerprint density at radius 1 is 0.510 bits per heavy atom. The molecule has 0 atom stereocenters. The average Bonchev–Trinajstić information content (AvgIpc) is 3.58. The largest absolute Gasteiger partial charge is 0.426 e. The molecule has 0 fully saturated rings. The van der Waals surface area contributed by atoms with Crippen LogP contribution >= 0.6 is 8.53 Å². The van der Waals surface area contributed by atoms with Gasteiger partial charge >= 0.3 is 8.53 Å². The molecule has 0 amide bonds. The van der Waals surface area contributed by atoms with Crippen molar-refractivity contribution in [2.24, 2.45) is 0 Å². The summed E-state index contributed by atoms with van der Waals surface area (Å²) in [4.78, 5) is 0. The Hall–Kier alpha value is -3.13. The standard InChI is InChI=1S/C47H60NO2P/c1-43(2,3)33-23-31(24-34(27-33)44(4,5)6)37-17-15-29-19-21-47-22-20-30-16-18-38(32-25-35(45(7,8)9)28-36(26-32)46(10,11)12)42(40(30)47)50-51(48(13)14)49-41(37)39(29)47/h15-18,23-28H,19-22H2,1-14H3. The van der Waals surface area contributed by atoms with Crippen LogP contribution in [0.25, 0.3) is 22.3 Å². The van der Waals surface area contributed by atoms with Gasteiger partial charge in [0.1, 0.15) is 11.5 Å². The Morgan fingerprint density at radius 3 is 1.14 bits per heavy atom. The maximum Gasteiger partial charge on any atom is 0.384 e. The summed E-state index contributed by atoms with van der Waals surface area (Å²) in [6, 6.07) is 24.0. The molecular formula is C47H60NO2P. The van der Waals surface area contributed by atoms with Crippen molar-refractivity contribution < 1.29 is 9.05 Å². The zero-order valence-corrected chi connectivity index (χ0v) is 34.7. The highest BCUT2D eigenvalue weighted by Gasteiger charge is 2.51. The topological polar surface area (TPSA) is 21.7 Å². The van der Waals surface area contributed by atoms with Crippen LogP contribution in [0.3, 0.4) is 0 Å². The number of hydrogen-bond donors (Lipinski definition) is 0. The number of aryl methyl sites for hydroxylation is 2. The monoisotopic (exact) mass is 701 g/mol. The lowest BCUT2D eigenvalue weighted by Crippen LogP contribution is -2.26. The molecule has 0 aromatic heterocycles. The first kappa shape index (κ1) is 36.2. The fourth-order valence-corrected chi connectivity index (χ4v) is 9.50. The van der Waals surface area contributed by atoms with E-state index in [0.717, 1.165) is 37.2 Å². The fraction of sp³-hybridized carbons (Fsp3) is 0.489. The minimum atomic E-state index is -1.46. The van der Waals surface area contributed by atoms with Crippen LogP contribution in [-0.2, 0) is 39.9 Å². The molecule has 0 saturated carbocycles. The summed E-state index contributed by atoms with van der Waals surface area (Å²) in [5.41, 5.74) is 15.9. The molecule has 7 rings (SSSR count). The van der Waals surface area contributed by atoms with E-state index in [1.54, 1.807) is 0 Å². The van der Waals surface area contributed by atoms with Crippen molar-refractivity contribution in [3.05, 3.63) is 105 Å². The minimum Gasteiger partial charge on any atom is -0.426 e. The van der Waals surface area contributed by atoms with Gasteiger partial charge in [-0.3, -0.25) is 0 Å². The van der Waals surface area contributed by atoms with Gasteiger partial charge in [-0.25, -0.2) is 4.67 Å². The Balaban J connectivity index is 1.51. The zero-order valence-electron chi connectivity index (χ0n) is 33.8. The van der Waals surface area contributed by atoms with Gasteiger partial charge in [0, 0.05) is 27.7 Å². The van der Waals surface area contributed by atoms with Gasteiger partial charge in [-0.15, -0.1) is 0 Å². The van der Waals surface area contributed by atoms with Gasteiger partial charge in [-0.2, -0.15) is 0 Å². The van der Waals surface area contributed by atoms with Crippen LogP contribution in [0.1, 0.15) is 140 Å². The minimum absolute atomic E-state index is 0.0205. The van der Waals surface area contributed by atoms with Crippen LogP contribution in [0, 0.1) is 0 Å². The number of hydrogen-bond acceptors (Lipinski definition) is 3. The van der Waals surface area contributed by atoms with Crippen molar-refractivity contribution in [2.75, 3.05) is 14.1 Å². The third-order valence-corrected chi connectivity index (χ3v) is 13.0. The molecule has 0 radical (unpaired) electrons. The fourth-order valence-electron chi connectivity index (χ4n) is 8.44. The smallest absolute Gasteiger partial charge is 0.384 e. The summed E-state index contributed by atoms with van der Waals surface area (Å²) in [6.45, 7) is 27.8. The maximum atomic E-state index is 7.35. The van der Waals surface area contributed by atoms with Gasteiger partial charge < -0.3 is 9.05 Å². The highest BCUT2D eigenvalue weighted by atomic mass is 31.2. The average molecular weight is 702 g/mol. The third kappa shape index (κ3) is 6.25. The molecule has 4 heteroatoms. The van der Waals surface area contributed by atoms with E-state index in [2.05, 4.69) is 163 Å². The summed E-state index contributed by atoms with van der Waals surface area (Å²) in [5.74, 6) is 2.06. The molecule has 3 aliphatic rings. The van der Waals surface area contributed by atoms with E-state index in [4.69, 9.17) is 9.05 Å². The normalized spacial score (nSPS) is 17.1. The molecule has 0 bridgehead atoms. The van der Waals surface area contributed by atoms with Crippen molar-refractivity contribution in [3.63, 3.8) is 0 Å². The second kappa shape index (κ2) is 11.9. The molecule has 0 N–H and O–H groups in total. The SMILES string of the molecule is CN(C)P1Oc2c(-c3cc(C(C)(C)C)cc(C(C)(C)C)c3)ccc3c2C2(CC3)CCc3ccc(-c4cc(C(C)(C)C)cc(C(C)(C)C)c4)c(c32)O1. The lowest BCUT2D eigenvalue weighted by Gasteiger charge is -2.37. The van der Waals surface area contributed by atoms with E-state index in [1.165, 1.54) is 66.8 Å². The highest BCUT2D eigenvalue weighted by Crippen LogP contribution is 2.65. The molecule has 2 aliphatic carbocycles. The summed E-state index contributed by atoms with van der Waals surface area (Å²) < 4.78 is 16.8. The summed E-state index contributed by atoms with van der Waals surface area (Å²) in [5, 5.41) is 0. The summed E-state index contributed by atoms with van der Waals surface area (Å²) in [7, 11) is 2.74. The van der Waals surface area contributed by atoms with Gasteiger partial charge in [0.15, 0.2) is 0 Å².